The van der Waals surface area contributed by atoms with Gasteiger partial charge in [-0.05, 0) is 78.5 Å². The van der Waals surface area contributed by atoms with Gasteiger partial charge in [0.25, 0.3) is 0 Å². The summed E-state index contributed by atoms with van der Waals surface area (Å²) in [6.07, 6.45) is 0. The molecule has 9 rings (SSSR count). The van der Waals surface area contributed by atoms with Gasteiger partial charge >= 0.3 is 0 Å². The fourth-order valence-corrected chi connectivity index (χ4v) is 8.25. The highest BCUT2D eigenvalue weighted by molar-refractivity contribution is 6.68. The van der Waals surface area contributed by atoms with Crippen LogP contribution in [0.3, 0.4) is 0 Å². The Labute approximate surface area is 285 Å². The van der Waals surface area contributed by atoms with E-state index in [1.165, 1.54) is 93.0 Å². The van der Waals surface area contributed by atoms with E-state index in [9.17, 15) is 0 Å². The predicted octanol–water partition coefficient (Wildman–Crippen LogP) is 3.34. The average Bonchev–Trinajstić information content (AvgIpc) is 3.52. The van der Waals surface area contributed by atoms with Crippen LogP contribution in [0.25, 0.3) is 87.6 Å². The molecule has 0 bridgehead atoms. The SMILES string of the molecule is Bc1c(B)c(B)c(-c2cccc(-c3c4ccccc4c(-c4cccc5oc6c7ccccc7ccc6c45)c4ccccc34)c2)c(B)c1B. The minimum absolute atomic E-state index is 0.915. The Balaban J connectivity index is 1.36. The lowest BCUT2D eigenvalue weighted by Gasteiger charge is -2.22. The molecule has 0 aliphatic heterocycles. The molecule has 0 spiro atoms. The molecular formula is C42H31B5O. The zero-order chi connectivity index (χ0) is 32.7. The van der Waals surface area contributed by atoms with Crippen LogP contribution in [0.2, 0.25) is 0 Å². The summed E-state index contributed by atoms with van der Waals surface area (Å²) >= 11 is 0. The molecule has 48 heavy (non-hydrogen) atoms. The summed E-state index contributed by atoms with van der Waals surface area (Å²) in [6, 6.07) is 46.5. The van der Waals surface area contributed by atoms with E-state index in [0.717, 1.165) is 21.9 Å². The van der Waals surface area contributed by atoms with Gasteiger partial charge in [-0.1, -0.05) is 120 Å². The summed E-state index contributed by atoms with van der Waals surface area (Å²) in [5.74, 6) is 0. The van der Waals surface area contributed by atoms with Crippen molar-refractivity contribution >= 4 is 121 Å². The van der Waals surface area contributed by atoms with Crippen molar-refractivity contribution < 1.29 is 4.42 Å². The molecule has 0 saturated carbocycles. The van der Waals surface area contributed by atoms with E-state index in [1.807, 2.05) is 0 Å². The first kappa shape index (κ1) is 28.9. The van der Waals surface area contributed by atoms with Gasteiger partial charge in [0.15, 0.2) is 0 Å². The van der Waals surface area contributed by atoms with E-state index in [4.69, 9.17) is 4.42 Å². The van der Waals surface area contributed by atoms with E-state index in [-0.39, 0.29) is 0 Å². The molecule has 0 aliphatic rings. The third kappa shape index (κ3) is 4.12. The summed E-state index contributed by atoms with van der Waals surface area (Å²) in [7, 11) is 11.3. The van der Waals surface area contributed by atoms with Gasteiger partial charge in [-0.3, -0.25) is 0 Å². The van der Waals surface area contributed by atoms with Crippen LogP contribution in [-0.4, -0.2) is 39.2 Å². The monoisotopic (exact) mass is 606 g/mol. The molecule has 1 aromatic heterocycles. The van der Waals surface area contributed by atoms with Crippen LogP contribution < -0.4 is 27.3 Å². The molecule has 1 heterocycles. The quantitative estimate of drug-likeness (QED) is 0.223. The number of benzene rings is 8. The molecule has 0 fully saturated rings. The van der Waals surface area contributed by atoms with Crippen molar-refractivity contribution in [1.82, 2.24) is 0 Å². The van der Waals surface area contributed by atoms with Crippen molar-refractivity contribution in [3.8, 4) is 33.4 Å². The number of furan rings is 1. The van der Waals surface area contributed by atoms with E-state index >= 15 is 0 Å². The van der Waals surface area contributed by atoms with Gasteiger partial charge < -0.3 is 4.42 Å². The van der Waals surface area contributed by atoms with Crippen molar-refractivity contribution in [2.75, 3.05) is 0 Å². The maximum absolute atomic E-state index is 6.64. The second-order valence-corrected chi connectivity index (χ2v) is 13.4. The molecule has 6 heteroatoms. The average molecular weight is 606 g/mol. The molecular weight excluding hydrogens is 575 g/mol. The van der Waals surface area contributed by atoms with Gasteiger partial charge in [0.05, 0.1) is 0 Å². The van der Waals surface area contributed by atoms with Crippen LogP contribution in [0.1, 0.15) is 0 Å². The number of hydrogen-bond donors (Lipinski definition) is 0. The minimum Gasteiger partial charge on any atom is -0.455 e. The summed E-state index contributed by atoms with van der Waals surface area (Å²) in [5.41, 5.74) is 16.3. The van der Waals surface area contributed by atoms with Crippen molar-refractivity contribution in [2.45, 2.75) is 0 Å². The molecule has 0 saturated heterocycles. The number of fused-ring (bicyclic) bond motifs is 7. The third-order valence-corrected chi connectivity index (χ3v) is 11.0. The molecule has 0 radical (unpaired) electrons. The van der Waals surface area contributed by atoms with Crippen LogP contribution in [0.5, 0.6) is 0 Å². The van der Waals surface area contributed by atoms with Gasteiger partial charge in [-0.25, -0.2) is 0 Å². The molecule has 0 atom stereocenters. The van der Waals surface area contributed by atoms with E-state index in [1.54, 1.807) is 0 Å². The van der Waals surface area contributed by atoms with Crippen molar-refractivity contribution in [1.29, 1.82) is 0 Å². The maximum atomic E-state index is 6.64. The van der Waals surface area contributed by atoms with E-state index in [2.05, 4.69) is 167 Å². The van der Waals surface area contributed by atoms with Crippen LogP contribution in [0, 0.1) is 0 Å². The maximum Gasteiger partial charge on any atom is 0.143 e. The lowest BCUT2D eigenvalue weighted by Crippen LogP contribution is -2.55. The highest BCUT2D eigenvalue weighted by atomic mass is 16.3. The van der Waals surface area contributed by atoms with Crippen molar-refractivity contribution in [2.24, 2.45) is 0 Å². The van der Waals surface area contributed by atoms with Gasteiger partial charge in [-0.2, -0.15) is 0 Å². The Kier molecular flexibility index (Phi) is 6.53. The van der Waals surface area contributed by atoms with Crippen LogP contribution in [0.4, 0.5) is 0 Å². The summed E-state index contributed by atoms with van der Waals surface area (Å²) in [5, 5.41) is 9.65. The fourth-order valence-electron chi connectivity index (χ4n) is 8.25. The molecule has 9 aromatic rings. The van der Waals surface area contributed by atoms with Gasteiger partial charge in [0.2, 0.25) is 0 Å². The largest absolute Gasteiger partial charge is 0.455 e. The Morgan fingerprint density at radius 1 is 0.375 bits per heavy atom. The predicted molar refractivity (Wildman–Crippen MR) is 223 cm³/mol. The molecule has 0 amide bonds. The zero-order valence-corrected chi connectivity index (χ0v) is 28.0. The Hall–Kier alpha value is -5.34. The molecule has 220 valence electrons. The van der Waals surface area contributed by atoms with Crippen LogP contribution in [-0.2, 0) is 0 Å². The Morgan fingerprint density at radius 3 is 1.54 bits per heavy atom. The lowest BCUT2D eigenvalue weighted by molar-refractivity contribution is 0.673. The summed E-state index contributed by atoms with van der Waals surface area (Å²) in [6.45, 7) is 0. The standard InChI is InChI=1S/C42H31B5O/c43-37-34(38(44)40(46)41(47)39(37)45)24-11-7-10-23(21-24)33-26-13-3-5-15-28(26)35(29-16-6-4-14-27(29)33)30-17-8-18-32-36(30)31-20-19-22-9-1-2-12-25(22)42(31)48-32/h1-21H,43-47H2. The first-order chi connectivity index (χ1) is 23.4. The summed E-state index contributed by atoms with van der Waals surface area (Å²) in [4.78, 5) is 0. The molecule has 0 N–H and O–H groups in total. The molecule has 1 nitrogen and oxygen atoms in total. The Morgan fingerprint density at radius 2 is 0.896 bits per heavy atom. The second-order valence-electron chi connectivity index (χ2n) is 13.4. The molecule has 8 aromatic carbocycles. The van der Waals surface area contributed by atoms with E-state index < -0.39 is 0 Å². The minimum atomic E-state index is 0.915. The highest BCUT2D eigenvalue weighted by Gasteiger charge is 2.21. The second kappa shape index (κ2) is 10.9. The van der Waals surface area contributed by atoms with Gasteiger partial charge in [0, 0.05) is 16.2 Å². The number of hydrogen-bond acceptors (Lipinski definition) is 1. The highest BCUT2D eigenvalue weighted by Crippen LogP contribution is 2.47. The first-order valence-corrected chi connectivity index (χ1v) is 16.9. The topological polar surface area (TPSA) is 13.1 Å². The number of rotatable bonds is 3. The molecule has 0 aliphatic carbocycles. The van der Waals surface area contributed by atoms with Crippen molar-refractivity contribution in [3.63, 3.8) is 0 Å². The third-order valence-electron chi connectivity index (χ3n) is 11.0. The summed E-state index contributed by atoms with van der Waals surface area (Å²) < 4.78 is 6.64. The lowest BCUT2D eigenvalue weighted by atomic mass is 9.59. The van der Waals surface area contributed by atoms with Gasteiger partial charge in [0.1, 0.15) is 50.4 Å². The first-order valence-electron chi connectivity index (χ1n) is 16.9. The van der Waals surface area contributed by atoms with Gasteiger partial charge in [-0.15, -0.1) is 16.4 Å². The van der Waals surface area contributed by atoms with Crippen molar-refractivity contribution in [3.05, 3.63) is 127 Å². The smallest absolute Gasteiger partial charge is 0.143 e. The fraction of sp³-hybridized carbons (Fsp3) is 0. The van der Waals surface area contributed by atoms with Crippen LogP contribution in [0.15, 0.2) is 132 Å². The van der Waals surface area contributed by atoms with Crippen LogP contribution >= 0.6 is 0 Å². The Bertz CT molecular complexity index is 2710. The normalized spacial score (nSPS) is 11.8. The zero-order valence-electron chi connectivity index (χ0n) is 28.0. The van der Waals surface area contributed by atoms with E-state index in [0.29, 0.717) is 0 Å². The molecule has 0 unspecified atom stereocenters.